The van der Waals surface area contributed by atoms with Crippen LogP contribution in [0.15, 0.2) is 24.3 Å². The van der Waals surface area contributed by atoms with Gasteiger partial charge in [0.05, 0.1) is 17.5 Å². The second-order valence-electron chi connectivity index (χ2n) is 4.53. The Morgan fingerprint density at radius 3 is 2.74 bits per heavy atom. The van der Waals surface area contributed by atoms with Crippen LogP contribution in [0.5, 0.6) is 5.88 Å². The van der Waals surface area contributed by atoms with Crippen molar-refractivity contribution in [2.24, 2.45) is 0 Å². The zero-order valence-electron chi connectivity index (χ0n) is 11.6. The summed E-state index contributed by atoms with van der Waals surface area (Å²) < 4.78 is 5.82. The first kappa shape index (κ1) is 13.6. The number of rotatable bonds is 7. The van der Waals surface area contributed by atoms with Crippen LogP contribution in [-0.2, 0) is 0 Å². The molecule has 1 aromatic heterocycles. The largest absolute Gasteiger partial charge is 0.477 e. The Morgan fingerprint density at radius 1 is 1.11 bits per heavy atom. The molecule has 0 amide bonds. The summed E-state index contributed by atoms with van der Waals surface area (Å²) in [5.41, 5.74) is 0.908. The van der Waals surface area contributed by atoms with Gasteiger partial charge in [-0.15, -0.1) is 0 Å². The molecule has 1 N–H and O–H groups in total. The van der Waals surface area contributed by atoms with Crippen molar-refractivity contribution in [3.63, 3.8) is 0 Å². The van der Waals surface area contributed by atoms with E-state index in [4.69, 9.17) is 4.74 Å². The quantitative estimate of drug-likeness (QED) is 0.771. The van der Waals surface area contributed by atoms with E-state index in [1.165, 1.54) is 19.3 Å². The van der Waals surface area contributed by atoms with Crippen molar-refractivity contribution in [1.29, 1.82) is 0 Å². The van der Waals surface area contributed by atoms with Gasteiger partial charge in [0, 0.05) is 7.05 Å². The van der Waals surface area contributed by atoms with Crippen molar-refractivity contribution >= 4 is 16.9 Å². The highest BCUT2D eigenvalue weighted by Crippen LogP contribution is 2.23. The molecule has 0 aliphatic rings. The van der Waals surface area contributed by atoms with E-state index in [9.17, 15) is 0 Å². The van der Waals surface area contributed by atoms with Gasteiger partial charge in [-0.2, -0.15) is 4.98 Å². The first-order chi connectivity index (χ1) is 9.35. The zero-order chi connectivity index (χ0) is 13.5. The van der Waals surface area contributed by atoms with Crippen LogP contribution in [-0.4, -0.2) is 23.6 Å². The van der Waals surface area contributed by atoms with E-state index in [1.54, 1.807) is 0 Å². The predicted octanol–water partition coefficient (Wildman–Crippen LogP) is 3.63. The van der Waals surface area contributed by atoms with E-state index < -0.39 is 0 Å². The van der Waals surface area contributed by atoms with Crippen molar-refractivity contribution < 1.29 is 4.74 Å². The molecule has 0 atom stereocenters. The van der Waals surface area contributed by atoms with E-state index >= 15 is 0 Å². The SMILES string of the molecule is CCCCCCOc1nc(NC)nc2ccccc12. The number of nitrogens with zero attached hydrogens (tertiary/aromatic N) is 2. The van der Waals surface area contributed by atoms with E-state index in [1.807, 2.05) is 31.3 Å². The lowest BCUT2D eigenvalue weighted by Crippen LogP contribution is -2.03. The number of benzene rings is 1. The molecule has 0 unspecified atom stereocenters. The molecule has 4 heteroatoms. The van der Waals surface area contributed by atoms with Gasteiger partial charge in [-0.1, -0.05) is 38.3 Å². The monoisotopic (exact) mass is 259 g/mol. The maximum atomic E-state index is 5.82. The third kappa shape index (κ3) is 3.56. The number of hydrogen-bond acceptors (Lipinski definition) is 4. The second-order valence-corrected chi connectivity index (χ2v) is 4.53. The van der Waals surface area contributed by atoms with Crippen molar-refractivity contribution in [3.8, 4) is 5.88 Å². The second kappa shape index (κ2) is 6.92. The first-order valence-electron chi connectivity index (χ1n) is 6.92. The molecule has 0 fully saturated rings. The van der Waals surface area contributed by atoms with Crippen LogP contribution < -0.4 is 10.1 Å². The fourth-order valence-electron chi connectivity index (χ4n) is 1.97. The molecule has 19 heavy (non-hydrogen) atoms. The summed E-state index contributed by atoms with van der Waals surface area (Å²) in [6, 6.07) is 7.92. The lowest BCUT2D eigenvalue weighted by Gasteiger charge is -2.09. The number of para-hydroxylation sites is 1. The molecule has 0 radical (unpaired) electrons. The molecule has 0 aliphatic heterocycles. The molecule has 2 rings (SSSR count). The molecule has 0 bridgehead atoms. The summed E-state index contributed by atoms with van der Waals surface area (Å²) >= 11 is 0. The van der Waals surface area contributed by atoms with Gasteiger partial charge >= 0.3 is 0 Å². The Bertz CT molecular complexity index is 528. The highest BCUT2D eigenvalue weighted by Gasteiger charge is 2.07. The molecule has 0 aliphatic carbocycles. The van der Waals surface area contributed by atoms with Gasteiger partial charge in [-0.3, -0.25) is 0 Å². The van der Waals surface area contributed by atoms with Gasteiger partial charge in [0.25, 0.3) is 0 Å². The third-order valence-corrected chi connectivity index (χ3v) is 3.03. The summed E-state index contributed by atoms with van der Waals surface area (Å²) in [6.45, 7) is 2.92. The summed E-state index contributed by atoms with van der Waals surface area (Å²) in [5, 5.41) is 3.94. The summed E-state index contributed by atoms with van der Waals surface area (Å²) in [7, 11) is 1.81. The van der Waals surface area contributed by atoms with Crippen molar-refractivity contribution in [2.75, 3.05) is 19.0 Å². The van der Waals surface area contributed by atoms with Crippen LogP contribution >= 0.6 is 0 Å². The number of hydrogen-bond donors (Lipinski definition) is 1. The summed E-state index contributed by atoms with van der Waals surface area (Å²) in [4.78, 5) is 8.80. The fourth-order valence-corrected chi connectivity index (χ4v) is 1.97. The van der Waals surface area contributed by atoms with Crippen LogP contribution in [0.25, 0.3) is 10.9 Å². The van der Waals surface area contributed by atoms with Crippen LogP contribution in [0.3, 0.4) is 0 Å². The number of nitrogens with one attached hydrogen (secondary N) is 1. The van der Waals surface area contributed by atoms with Crippen molar-refractivity contribution in [2.45, 2.75) is 32.6 Å². The highest BCUT2D eigenvalue weighted by molar-refractivity contribution is 5.84. The van der Waals surface area contributed by atoms with E-state index in [0.717, 1.165) is 17.3 Å². The molecule has 0 spiro atoms. The van der Waals surface area contributed by atoms with Crippen molar-refractivity contribution in [1.82, 2.24) is 9.97 Å². The Labute approximate surface area is 114 Å². The Kier molecular flexibility index (Phi) is 4.95. The lowest BCUT2D eigenvalue weighted by atomic mass is 10.2. The summed E-state index contributed by atoms with van der Waals surface area (Å²) in [5.74, 6) is 1.27. The molecule has 4 nitrogen and oxygen atoms in total. The maximum absolute atomic E-state index is 5.82. The zero-order valence-corrected chi connectivity index (χ0v) is 11.6. The minimum Gasteiger partial charge on any atom is -0.477 e. The van der Waals surface area contributed by atoms with Gasteiger partial charge in [-0.05, 0) is 18.6 Å². The average Bonchev–Trinajstić information content (AvgIpc) is 2.46. The van der Waals surface area contributed by atoms with Gasteiger partial charge in [0.1, 0.15) is 0 Å². The summed E-state index contributed by atoms with van der Waals surface area (Å²) in [6.07, 6.45) is 4.77. The molecule has 2 aromatic rings. The van der Waals surface area contributed by atoms with Crippen LogP contribution in [0.2, 0.25) is 0 Å². The minimum atomic E-state index is 0.599. The van der Waals surface area contributed by atoms with Gasteiger partial charge in [0.2, 0.25) is 11.8 Å². The fraction of sp³-hybridized carbons (Fsp3) is 0.467. The van der Waals surface area contributed by atoms with Crippen LogP contribution in [0.4, 0.5) is 5.95 Å². The minimum absolute atomic E-state index is 0.599. The molecular weight excluding hydrogens is 238 g/mol. The van der Waals surface area contributed by atoms with E-state index in [0.29, 0.717) is 18.4 Å². The maximum Gasteiger partial charge on any atom is 0.226 e. The number of aromatic nitrogens is 2. The average molecular weight is 259 g/mol. The number of anilines is 1. The third-order valence-electron chi connectivity index (χ3n) is 3.03. The standard InChI is InChI=1S/C15H21N3O/c1-3-4-5-8-11-19-14-12-9-6-7-10-13(12)17-15(16-2)18-14/h6-7,9-10H,3-5,8,11H2,1-2H3,(H,16,17,18). The highest BCUT2D eigenvalue weighted by atomic mass is 16.5. The first-order valence-corrected chi connectivity index (χ1v) is 6.92. The van der Waals surface area contributed by atoms with E-state index in [2.05, 4.69) is 22.2 Å². The van der Waals surface area contributed by atoms with Crippen LogP contribution in [0, 0.1) is 0 Å². The molecule has 102 valence electrons. The molecule has 1 heterocycles. The molecule has 1 aromatic carbocycles. The Hall–Kier alpha value is -1.84. The van der Waals surface area contributed by atoms with Crippen LogP contribution in [0.1, 0.15) is 32.6 Å². The van der Waals surface area contributed by atoms with Crippen molar-refractivity contribution in [3.05, 3.63) is 24.3 Å². The smallest absolute Gasteiger partial charge is 0.226 e. The predicted molar refractivity (Wildman–Crippen MR) is 78.7 cm³/mol. The number of fused-ring (bicyclic) bond motifs is 1. The van der Waals surface area contributed by atoms with Gasteiger partial charge in [0.15, 0.2) is 0 Å². The lowest BCUT2D eigenvalue weighted by molar-refractivity contribution is 0.297. The topological polar surface area (TPSA) is 47.0 Å². The van der Waals surface area contributed by atoms with Gasteiger partial charge in [-0.25, -0.2) is 4.98 Å². The molecular formula is C15H21N3O. The molecule has 0 saturated heterocycles. The normalized spacial score (nSPS) is 10.6. The Morgan fingerprint density at radius 2 is 1.95 bits per heavy atom. The number of ether oxygens (including phenoxy) is 1. The molecule has 0 saturated carbocycles. The Balaban J connectivity index is 2.11. The van der Waals surface area contributed by atoms with E-state index in [-0.39, 0.29) is 0 Å². The van der Waals surface area contributed by atoms with Gasteiger partial charge < -0.3 is 10.1 Å². The number of unbranched alkanes of at least 4 members (excludes halogenated alkanes) is 3.